The van der Waals surface area contributed by atoms with Crippen molar-refractivity contribution in [2.24, 2.45) is 0 Å². The van der Waals surface area contributed by atoms with Crippen LogP contribution in [0.15, 0.2) is 48.7 Å². The Kier molecular flexibility index (Phi) is 6.45. The van der Waals surface area contributed by atoms with Crippen LogP contribution in [0.3, 0.4) is 0 Å². The van der Waals surface area contributed by atoms with Gasteiger partial charge in [0.1, 0.15) is 11.6 Å². The van der Waals surface area contributed by atoms with Gasteiger partial charge in [0.15, 0.2) is 6.61 Å². The summed E-state index contributed by atoms with van der Waals surface area (Å²) in [6.45, 7) is 0.883. The van der Waals surface area contributed by atoms with E-state index >= 15 is 0 Å². The lowest BCUT2D eigenvalue weighted by Gasteiger charge is -2.34. The lowest BCUT2D eigenvalue weighted by Crippen LogP contribution is -2.69. The monoisotopic (exact) mass is 397 g/mol. The summed E-state index contributed by atoms with van der Waals surface area (Å²) < 4.78 is 51.1. The summed E-state index contributed by atoms with van der Waals surface area (Å²) in [7, 11) is 0.779. The van der Waals surface area contributed by atoms with Crippen molar-refractivity contribution in [3.63, 3.8) is 0 Å². The van der Waals surface area contributed by atoms with Crippen LogP contribution in [-0.4, -0.2) is 42.4 Å². The maximum absolute atomic E-state index is 13.9. The molecule has 0 aliphatic carbocycles. The second-order valence-electron chi connectivity index (χ2n) is 5.73. The van der Waals surface area contributed by atoms with E-state index in [1.165, 1.54) is 24.4 Å². The van der Waals surface area contributed by atoms with E-state index in [1.807, 2.05) is 5.32 Å². The topological polar surface area (TPSA) is 89.5 Å². The zero-order valence-electron chi connectivity index (χ0n) is 15.0. The molecule has 0 fully saturated rings. The van der Waals surface area contributed by atoms with Crippen molar-refractivity contribution < 1.29 is 32.2 Å². The number of nitrogens with one attached hydrogen (secondary N) is 2. The summed E-state index contributed by atoms with van der Waals surface area (Å²) in [5.74, 6) is -2.93. The Labute approximate surface area is 158 Å². The minimum atomic E-state index is -5.24. The number of para-hydroxylation sites is 1. The quantitative estimate of drug-likeness (QED) is 0.551. The molecule has 0 saturated carbocycles. The molecule has 0 aliphatic rings. The molecule has 0 unspecified atom stereocenters. The molecule has 0 aliphatic heterocycles. The molecule has 0 bridgehead atoms. The lowest BCUT2D eigenvalue weighted by molar-refractivity contribution is -0.206. The summed E-state index contributed by atoms with van der Waals surface area (Å²) in [5.41, 5.74) is -2.95. The first kappa shape index (κ1) is 21.0. The van der Waals surface area contributed by atoms with Crippen molar-refractivity contribution in [3.05, 3.63) is 54.2 Å². The minimum absolute atomic E-state index is 0.271. The number of aromatic nitrogens is 1. The number of halogens is 3. The van der Waals surface area contributed by atoms with Gasteiger partial charge in [-0.2, -0.15) is 13.2 Å². The number of methoxy groups -OCH3 is 1. The molecule has 0 spiro atoms. The highest BCUT2D eigenvalue weighted by molar-refractivity contribution is 5.91. The van der Waals surface area contributed by atoms with Crippen LogP contribution in [0, 0.1) is 6.92 Å². The van der Waals surface area contributed by atoms with E-state index in [-0.39, 0.29) is 11.6 Å². The van der Waals surface area contributed by atoms with Gasteiger partial charge in [0.25, 0.3) is 5.91 Å². The van der Waals surface area contributed by atoms with E-state index in [9.17, 15) is 22.8 Å². The molecule has 1 aromatic heterocycles. The first-order valence-corrected chi connectivity index (χ1v) is 8.03. The molecule has 28 heavy (non-hydrogen) atoms. The number of hydrogen-bond donors (Lipinski definition) is 2. The smallest absolute Gasteiger partial charge is 0.441 e. The fourth-order valence-corrected chi connectivity index (χ4v) is 2.25. The van der Waals surface area contributed by atoms with Gasteiger partial charge >= 0.3 is 17.8 Å². The third kappa shape index (κ3) is 4.90. The third-order valence-electron chi connectivity index (χ3n) is 3.59. The standard InChI is InChI=1S/C18H18F3N3O4/c1-12-8-9-22-14(10-12)23-17(16(26)27-2,18(19,20)21)24-15(25)11-28-13-6-4-3-5-7-13/h3-10H,11H2,1-2H3,(H,22,23)(H,24,25)/t17-/m0/s1. The number of amides is 1. The van der Waals surface area contributed by atoms with Crippen molar-refractivity contribution in [1.82, 2.24) is 10.3 Å². The summed E-state index contributed by atoms with van der Waals surface area (Å²) in [6.07, 6.45) is -3.98. The Balaban J connectivity index is 2.28. The van der Waals surface area contributed by atoms with E-state index in [0.29, 0.717) is 5.56 Å². The molecular formula is C18H18F3N3O4. The van der Waals surface area contributed by atoms with Crippen LogP contribution >= 0.6 is 0 Å². The van der Waals surface area contributed by atoms with Crippen molar-refractivity contribution in [1.29, 1.82) is 0 Å². The molecule has 2 aromatic rings. The van der Waals surface area contributed by atoms with E-state index in [1.54, 1.807) is 36.5 Å². The van der Waals surface area contributed by atoms with E-state index in [4.69, 9.17) is 4.74 Å². The van der Waals surface area contributed by atoms with Crippen molar-refractivity contribution >= 4 is 17.7 Å². The molecular weight excluding hydrogens is 379 g/mol. The van der Waals surface area contributed by atoms with Gasteiger partial charge in [0.2, 0.25) is 0 Å². The van der Waals surface area contributed by atoms with Crippen LogP contribution in [0.25, 0.3) is 0 Å². The molecule has 1 amide bonds. The van der Waals surface area contributed by atoms with Crippen LogP contribution < -0.4 is 15.4 Å². The average Bonchev–Trinajstić information content (AvgIpc) is 2.65. The summed E-state index contributed by atoms with van der Waals surface area (Å²) >= 11 is 0. The molecule has 2 rings (SSSR count). The molecule has 1 heterocycles. The van der Waals surface area contributed by atoms with Crippen LogP contribution in [-0.2, 0) is 14.3 Å². The lowest BCUT2D eigenvalue weighted by atomic mass is 10.1. The van der Waals surface area contributed by atoms with Crippen LogP contribution in [0.1, 0.15) is 5.56 Å². The van der Waals surface area contributed by atoms with Gasteiger partial charge in [-0.05, 0) is 36.8 Å². The SMILES string of the molecule is COC(=O)[C@@](NC(=O)COc1ccccc1)(Nc1cc(C)ccn1)C(F)(F)F. The zero-order valence-corrected chi connectivity index (χ0v) is 15.0. The molecule has 1 atom stereocenters. The van der Waals surface area contributed by atoms with Gasteiger partial charge in [-0.1, -0.05) is 18.2 Å². The Morgan fingerprint density at radius 3 is 2.39 bits per heavy atom. The fraction of sp³-hybridized carbons (Fsp3) is 0.278. The van der Waals surface area contributed by atoms with Crippen molar-refractivity contribution in [3.8, 4) is 5.75 Å². The number of aryl methyl sites for hydroxylation is 1. The van der Waals surface area contributed by atoms with E-state index < -0.39 is 30.3 Å². The first-order valence-electron chi connectivity index (χ1n) is 8.03. The average molecular weight is 397 g/mol. The summed E-state index contributed by atoms with van der Waals surface area (Å²) in [5, 5.41) is 3.60. The van der Waals surface area contributed by atoms with Gasteiger partial charge in [-0.15, -0.1) is 0 Å². The molecule has 150 valence electrons. The Morgan fingerprint density at radius 2 is 1.82 bits per heavy atom. The Hall–Kier alpha value is -3.30. The number of hydrogen-bond acceptors (Lipinski definition) is 6. The normalized spacial score (nSPS) is 13.2. The second-order valence-corrected chi connectivity index (χ2v) is 5.73. The second kappa shape index (κ2) is 8.59. The van der Waals surface area contributed by atoms with E-state index in [0.717, 1.165) is 7.11 Å². The summed E-state index contributed by atoms with van der Waals surface area (Å²) in [4.78, 5) is 28.0. The third-order valence-corrected chi connectivity index (χ3v) is 3.59. The van der Waals surface area contributed by atoms with Crippen LogP contribution in [0.4, 0.5) is 19.0 Å². The van der Waals surface area contributed by atoms with Crippen LogP contribution in [0.2, 0.25) is 0 Å². The number of nitrogens with zero attached hydrogens (tertiary/aromatic N) is 1. The molecule has 7 nitrogen and oxygen atoms in total. The number of anilines is 1. The fourth-order valence-electron chi connectivity index (χ4n) is 2.25. The maximum atomic E-state index is 13.9. The van der Waals surface area contributed by atoms with Crippen molar-refractivity contribution in [2.45, 2.75) is 18.8 Å². The highest BCUT2D eigenvalue weighted by Crippen LogP contribution is 2.32. The Bertz CT molecular complexity index is 830. The van der Waals surface area contributed by atoms with Gasteiger partial charge in [0.05, 0.1) is 7.11 Å². The molecule has 1 aromatic carbocycles. The minimum Gasteiger partial charge on any atom is -0.484 e. The van der Waals surface area contributed by atoms with E-state index in [2.05, 4.69) is 9.72 Å². The largest absolute Gasteiger partial charge is 0.484 e. The van der Waals surface area contributed by atoms with Gasteiger partial charge < -0.3 is 20.1 Å². The molecule has 2 N–H and O–H groups in total. The number of esters is 1. The highest BCUT2D eigenvalue weighted by Gasteiger charge is 2.63. The zero-order chi connectivity index (χ0) is 20.8. The predicted octanol–water partition coefficient (Wildman–Crippen LogP) is 2.43. The Morgan fingerprint density at radius 1 is 1.14 bits per heavy atom. The molecule has 10 heteroatoms. The predicted molar refractivity (Wildman–Crippen MR) is 93.5 cm³/mol. The highest BCUT2D eigenvalue weighted by atomic mass is 19.4. The number of carbonyl (C=O) groups excluding carboxylic acids is 2. The molecule has 0 saturated heterocycles. The number of ether oxygens (including phenoxy) is 2. The van der Waals surface area contributed by atoms with Gasteiger partial charge in [0, 0.05) is 6.20 Å². The maximum Gasteiger partial charge on any atom is 0.441 e. The number of pyridine rings is 1. The van der Waals surface area contributed by atoms with Crippen molar-refractivity contribution in [2.75, 3.05) is 19.0 Å². The number of benzene rings is 1. The number of alkyl halides is 3. The molecule has 0 radical (unpaired) electrons. The number of carbonyl (C=O) groups is 2. The van der Waals surface area contributed by atoms with Gasteiger partial charge in [-0.25, -0.2) is 9.78 Å². The van der Waals surface area contributed by atoms with Crippen LogP contribution in [0.5, 0.6) is 5.75 Å². The van der Waals surface area contributed by atoms with Gasteiger partial charge in [-0.3, -0.25) is 4.79 Å². The summed E-state index contributed by atoms with van der Waals surface area (Å²) in [6, 6.07) is 10.9. The number of rotatable bonds is 7. The first-order chi connectivity index (χ1) is 13.2.